The predicted molar refractivity (Wildman–Crippen MR) is 81.6 cm³/mol. The average Bonchev–Trinajstić information content (AvgIpc) is 2.95. The molecule has 0 spiro atoms. The molecule has 5 nitrogen and oxygen atoms in total. The fourth-order valence-electron chi connectivity index (χ4n) is 1.78. The number of anilines is 1. The number of rotatable bonds is 5. The monoisotopic (exact) mass is 311 g/mol. The number of aryl methyl sites for hydroxylation is 1. The first-order valence-corrected chi connectivity index (χ1v) is 8.50. The van der Waals surface area contributed by atoms with Crippen LogP contribution in [0.15, 0.2) is 34.7 Å². The fourth-order valence-corrected chi connectivity index (χ4v) is 3.19. The van der Waals surface area contributed by atoms with Crippen LogP contribution in [0.5, 0.6) is 0 Å². The highest BCUT2D eigenvalue weighted by Gasteiger charge is 2.15. The summed E-state index contributed by atoms with van der Waals surface area (Å²) in [6, 6.07) is 5.06. The lowest BCUT2D eigenvalue weighted by Gasteiger charge is -2.16. The Hall–Kier alpha value is -1.44. The van der Waals surface area contributed by atoms with Crippen LogP contribution in [0, 0.1) is 6.92 Å². The van der Waals surface area contributed by atoms with Crippen molar-refractivity contribution in [2.45, 2.75) is 24.8 Å². The van der Waals surface area contributed by atoms with Crippen molar-refractivity contribution in [1.82, 2.24) is 9.71 Å². The molecule has 2 aromatic rings. The number of sulfonamides is 1. The Bertz CT molecular complexity index is 682. The quantitative estimate of drug-likeness (QED) is 0.890. The molecule has 1 aromatic carbocycles. The summed E-state index contributed by atoms with van der Waals surface area (Å²) in [5.74, 6) is 0. The van der Waals surface area contributed by atoms with Gasteiger partial charge in [-0.3, -0.25) is 0 Å². The minimum absolute atomic E-state index is 0.0289. The van der Waals surface area contributed by atoms with E-state index in [2.05, 4.69) is 15.0 Å². The number of nitrogens with one attached hydrogen (secondary N) is 2. The van der Waals surface area contributed by atoms with E-state index in [1.807, 2.05) is 19.2 Å². The van der Waals surface area contributed by atoms with Gasteiger partial charge in [0.15, 0.2) is 0 Å². The molecule has 1 aromatic heterocycles. The van der Waals surface area contributed by atoms with Gasteiger partial charge in [0.2, 0.25) is 10.0 Å². The first kappa shape index (κ1) is 15.0. The zero-order valence-electron chi connectivity index (χ0n) is 11.5. The number of thiazole rings is 1. The number of nitrogens with zero attached hydrogens (tertiary/aromatic N) is 1. The lowest BCUT2D eigenvalue weighted by atomic mass is 10.2. The van der Waals surface area contributed by atoms with Crippen LogP contribution in [0.1, 0.15) is 23.5 Å². The third-order valence-electron chi connectivity index (χ3n) is 2.98. The highest BCUT2D eigenvalue weighted by molar-refractivity contribution is 7.89. The second-order valence-corrected chi connectivity index (χ2v) is 7.23. The van der Waals surface area contributed by atoms with Crippen molar-refractivity contribution >= 4 is 27.0 Å². The second-order valence-electron chi connectivity index (χ2n) is 4.42. The van der Waals surface area contributed by atoms with Gasteiger partial charge < -0.3 is 5.32 Å². The molecule has 0 aliphatic carbocycles. The van der Waals surface area contributed by atoms with Gasteiger partial charge in [0.05, 0.1) is 10.9 Å². The Morgan fingerprint density at radius 1 is 1.35 bits per heavy atom. The Morgan fingerprint density at radius 3 is 2.70 bits per heavy atom. The van der Waals surface area contributed by atoms with Crippen LogP contribution in [-0.4, -0.2) is 20.4 Å². The van der Waals surface area contributed by atoms with Gasteiger partial charge >= 0.3 is 0 Å². The molecular formula is C13H17N3O2S2. The first-order chi connectivity index (χ1) is 9.44. The van der Waals surface area contributed by atoms with Gasteiger partial charge in [-0.05, 0) is 38.6 Å². The second kappa shape index (κ2) is 5.90. The Morgan fingerprint density at radius 2 is 2.10 bits per heavy atom. The molecule has 108 valence electrons. The van der Waals surface area contributed by atoms with Gasteiger partial charge in [0, 0.05) is 17.3 Å². The van der Waals surface area contributed by atoms with Crippen molar-refractivity contribution in [3.63, 3.8) is 0 Å². The van der Waals surface area contributed by atoms with E-state index in [0.29, 0.717) is 0 Å². The molecule has 0 fully saturated rings. The van der Waals surface area contributed by atoms with Crippen LogP contribution >= 0.6 is 11.3 Å². The van der Waals surface area contributed by atoms with Gasteiger partial charge in [-0.25, -0.2) is 18.1 Å². The molecule has 0 radical (unpaired) electrons. The highest BCUT2D eigenvalue weighted by Crippen LogP contribution is 2.25. The predicted octanol–water partition coefficient (Wildman–Crippen LogP) is 2.53. The van der Waals surface area contributed by atoms with E-state index in [1.54, 1.807) is 35.7 Å². The van der Waals surface area contributed by atoms with E-state index >= 15 is 0 Å². The molecule has 0 saturated carbocycles. The third-order valence-corrected chi connectivity index (χ3v) is 5.35. The normalized spacial score (nSPS) is 13.2. The van der Waals surface area contributed by atoms with Crippen molar-refractivity contribution in [3.05, 3.63) is 40.3 Å². The maximum absolute atomic E-state index is 11.8. The smallest absolute Gasteiger partial charge is 0.240 e. The summed E-state index contributed by atoms with van der Waals surface area (Å²) < 4.78 is 26.0. The molecule has 7 heteroatoms. The summed E-state index contributed by atoms with van der Waals surface area (Å²) in [5.41, 5.74) is 1.78. The maximum atomic E-state index is 11.8. The molecule has 0 saturated heterocycles. The average molecular weight is 311 g/mol. The minimum atomic E-state index is -3.43. The molecule has 1 atom stereocenters. The van der Waals surface area contributed by atoms with Gasteiger partial charge in [-0.1, -0.05) is 6.07 Å². The first-order valence-electron chi connectivity index (χ1n) is 6.14. The minimum Gasteiger partial charge on any atom is -0.376 e. The van der Waals surface area contributed by atoms with Crippen molar-refractivity contribution in [3.8, 4) is 0 Å². The number of aromatic nitrogens is 1. The van der Waals surface area contributed by atoms with E-state index in [-0.39, 0.29) is 10.9 Å². The van der Waals surface area contributed by atoms with Gasteiger partial charge in [0.25, 0.3) is 0 Å². The fraction of sp³-hybridized carbons (Fsp3) is 0.308. The molecule has 1 unspecified atom stereocenters. The molecule has 0 aliphatic rings. The molecule has 1 heterocycles. The zero-order chi connectivity index (χ0) is 14.8. The van der Waals surface area contributed by atoms with Crippen molar-refractivity contribution < 1.29 is 8.42 Å². The van der Waals surface area contributed by atoms with E-state index in [0.717, 1.165) is 16.3 Å². The lowest BCUT2D eigenvalue weighted by Crippen LogP contribution is -2.19. The van der Waals surface area contributed by atoms with Crippen LogP contribution in [0.25, 0.3) is 0 Å². The number of hydrogen-bond donors (Lipinski definition) is 2. The summed E-state index contributed by atoms with van der Waals surface area (Å²) in [7, 11) is -2.03. The van der Waals surface area contributed by atoms with Crippen LogP contribution in [0.4, 0.5) is 5.69 Å². The summed E-state index contributed by atoms with van der Waals surface area (Å²) in [6.07, 6.45) is 1.76. The summed E-state index contributed by atoms with van der Waals surface area (Å²) in [4.78, 5) is 4.50. The Balaban J connectivity index is 2.30. The van der Waals surface area contributed by atoms with Gasteiger partial charge in [0.1, 0.15) is 5.01 Å². The standard InChI is InChI=1S/C13H17N3O2S2/c1-9-4-5-11(20(17,18)14-3)8-12(9)16-10(2)13-15-6-7-19-13/h4-8,10,14,16H,1-3H3. The molecule has 0 amide bonds. The van der Waals surface area contributed by atoms with Crippen LogP contribution in [0.3, 0.4) is 0 Å². The SMILES string of the molecule is CNS(=O)(=O)c1ccc(C)c(NC(C)c2nccs2)c1. The van der Waals surface area contributed by atoms with E-state index in [4.69, 9.17) is 0 Å². The summed E-state index contributed by atoms with van der Waals surface area (Å²) >= 11 is 1.57. The van der Waals surface area contributed by atoms with Crippen molar-refractivity contribution in [2.75, 3.05) is 12.4 Å². The van der Waals surface area contributed by atoms with Crippen LogP contribution in [0.2, 0.25) is 0 Å². The Kier molecular flexibility index (Phi) is 4.42. The third kappa shape index (κ3) is 3.17. The van der Waals surface area contributed by atoms with Crippen molar-refractivity contribution in [1.29, 1.82) is 0 Å². The van der Waals surface area contributed by atoms with Gasteiger partial charge in [-0.15, -0.1) is 11.3 Å². The largest absolute Gasteiger partial charge is 0.376 e. The maximum Gasteiger partial charge on any atom is 0.240 e. The number of benzene rings is 1. The molecule has 0 bridgehead atoms. The number of hydrogen-bond acceptors (Lipinski definition) is 5. The highest BCUT2D eigenvalue weighted by atomic mass is 32.2. The molecule has 2 N–H and O–H groups in total. The topological polar surface area (TPSA) is 71.1 Å². The van der Waals surface area contributed by atoms with Crippen molar-refractivity contribution in [2.24, 2.45) is 0 Å². The Labute approximate surface area is 123 Å². The molecular weight excluding hydrogens is 294 g/mol. The summed E-state index contributed by atoms with van der Waals surface area (Å²) in [5, 5.41) is 6.19. The molecule has 0 aliphatic heterocycles. The van der Waals surface area contributed by atoms with Gasteiger partial charge in [-0.2, -0.15) is 0 Å². The zero-order valence-corrected chi connectivity index (χ0v) is 13.2. The molecule has 20 heavy (non-hydrogen) atoms. The van der Waals surface area contributed by atoms with Crippen LogP contribution < -0.4 is 10.0 Å². The van der Waals surface area contributed by atoms with E-state index < -0.39 is 10.0 Å². The summed E-state index contributed by atoms with van der Waals surface area (Å²) in [6.45, 7) is 3.93. The van der Waals surface area contributed by atoms with E-state index in [9.17, 15) is 8.42 Å². The van der Waals surface area contributed by atoms with Crippen LogP contribution in [-0.2, 0) is 10.0 Å². The van der Waals surface area contributed by atoms with E-state index in [1.165, 1.54) is 7.05 Å². The lowest BCUT2D eigenvalue weighted by molar-refractivity contribution is 0.588. The molecule has 2 rings (SSSR count).